The van der Waals surface area contributed by atoms with Crippen molar-refractivity contribution in [1.29, 1.82) is 5.26 Å². The molecule has 19 heavy (non-hydrogen) atoms. The van der Waals surface area contributed by atoms with Gasteiger partial charge in [-0.2, -0.15) is 10.2 Å². The fourth-order valence-electron chi connectivity index (χ4n) is 2.27. The molecule has 1 aliphatic rings. The van der Waals surface area contributed by atoms with Gasteiger partial charge in [0.05, 0.1) is 6.07 Å². The lowest BCUT2D eigenvalue weighted by molar-refractivity contribution is -0.118. The highest BCUT2D eigenvalue weighted by Crippen LogP contribution is 2.34. The SMILES string of the molecule is CCOC1(c2noc(CCCC#N)n2)CCOCC1. The molecule has 0 saturated carbocycles. The van der Waals surface area contributed by atoms with Gasteiger partial charge < -0.3 is 14.0 Å². The van der Waals surface area contributed by atoms with Crippen molar-refractivity contribution in [2.75, 3.05) is 19.8 Å². The van der Waals surface area contributed by atoms with Gasteiger partial charge in [-0.05, 0) is 13.3 Å². The number of rotatable bonds is 6. The van der Waals surface area contributed by atoms with E-state index in [1.165, 1.54) is 0 Å². The van der Waals surface area contributed by atoms with E-state index in [9.17, 15) is 0 Å². The lowest BCUT2D eigenvalue weighted by Gasteiger charge is -2.33. The van der Waals surface area contributed by atoms with Gasteiger partial charge in [-0.15, -0.1) is 0 Å². The van der Waals surface area contributed by atoms with Gasteiger partial charge in [-0.3, -0.25) is 0 Å². The first-order valence-corrected chi connectivity index (χ1v) is 6.72. The molecule has 0 unspecified atom stereocenters. The zero-order chi connectivity index (χ0) is 13.6. The summed E-state index contributed by atoms with van der Waals surface area (Å²) in [6.45, 7) is 3.88. The molecular weight excluding hydrogens is 246 g/mol. The Bertz CT molecular complexity index is 427. The van der Waals surface area contributed by atoms with Crippen molar-refractivity contribution in [3.63, 3.8) is 0 Å². The summed E-state index contributed by atoms with van der Waals surface area (Å²) < 4.78 is 16.5. The molecule has 0 amide bonds. The number of aryl methyl sites for hydroxylation is 1. The number of hydrogen-bond acceptors (Lipinski definition) is 6. The smallest absolute Gasteiger partial charge is 0.226 e. The van der Waals surface area contributed by atoms with Crippen molar-refractivity contribution in [3.8, 4) is 6.07 Å². The summed E-state index contributed by atoms with van der Waals surface area (Å²) in [7, 11) is 0. The fourth-order valence-corrected chi connectivity index (χ4v) is 2.27. The van der Waals surface area contributed by atoms with E-state index in [0.29, 0.717) is 44.4 Å². The number of nitriles is 1. The van der Waals surface area contributed by atoms with E-state index in [-0.39, 0.29) is 0 Å². The second-order valence-electron chi connectivity index (χ2n) is 4.56. The van der Waals surface area contributed by atoms with Crippen LogP contribution in [0.4, 0.5) is 0 Å². The minimum atomic E-state index is -0.468. The number of ether oxygens (including phenoxy) is 2. The Kier molecular flexibility index (Phi) is 4.88. The molecule has 6 nitrogen and oxygen atoms in total. The van der Waals surface area contributed by atoms with Crippen LogP contribution in [0.25, 0.3) is 0 Å². The molecule has 1 aromatic heterocycles. The second kappa shape index (κ2) is 6.64. The van der Waals surface area contributed by atoms with Crippen LogP contribution in [0, 0.1) is 11.3 Å². The Hall–Kier alpha value is -1.45. The van der Waals surface area contributed by atoms with Crippen LogP contribution in [-0.2, 0) is 21.5 Å². The minimum Gasteiger partial charge on any atom is -0.381 e. The van der Waals surface area contributed by atoms with Gasteiger partial charge in [-0.25, -0.2) is 0 Å². The van der Waals surface area contributed by atoms with Crippen molar-refractivity contribution in [1.82, 2.24) is 10.1 Å². The van der Waals surface area contributed by atoms with E-state index in [1.54, 1.807) is 0 Å². The monoisotopic (exact) mass is 265 g/mol. The van der Waals surface area contributed by atoms with Gasteiger partial charge in [0.2, 0.25) is 11.7 Å². The van der Waals surface area contributed by atoms with Gasteiger partial charge in [0.1, 0.15) is 5.60 Å². The first kappa shape index (κ1) is 14.0. The molecule has 1 fully saturated rings. The first-order chi connectivity index (χ1) is 9.30. The van der Waals surface area contributed by atoms with Crippen LogP contribution in [-0.4, -0.2) is 30.0 Å². The van der Waals surface area contributed by atoms with Crippen molar-refractivity contribution in [2.24, 2.45) is 0 Å². The average molecular weight is 265 g/mol. The number of aromatic nitrogens is 2. The molecule has 1 saturated heterocycles. The maximum absolute atomic E-state index is 8.51. The molecule has 1 aromatic rings. The van der Waals surface area contributed by atoms with Gasteiger partial charge in [-0.1, -0.05) is 5.16 Å². The molecule has 104 valence electrons. The van der Waals surface area contributed by atoms with E-state index in [0.717, 1.165) is 19.3 Å². The maximum Gasteiger partial charge on any atom is 0.226 e. The Labute approximate surface area is 112 Å². The summed E-state index contributed by atoms with van der Waals surface area (Å²) in [5.41, 5.74) is -0.468. The van der Waals surface area contributed by atoms with Gasteiger partial charge in [0.15, 0.2) is 0 Å². The molecule has 2 rings (SSSR count). The zero-order valence-electron chi connectivity index (χ0n) is 11.2. The van der Waals surface area contributed by atoms with E-state index in [2.05, 4.69) is 16.2 Å². The summed E-state index contributed by atoms with van der Waals surface area (Å²) >= 11 is 0. The third-order valence-electron chi connectivity index (χ3n) is 3.28. The predicted molar refractivity (Wildman–Crippen MR) is 66.2 cm³/mol. The van der Waals surface area contributed by atoms with E-state index in [4.69, 9.17) is 19.3 Å². The maximum atomic E-state index is 8.51. The summed E-state index contributed by atoms with van der Waals surface area (Å²) in [5, 5.41) is 12.6. The highest BCUT2D eigenvalue weighted by Gasteiger charge is 2.39. The Morgan fingerprint density at radius 1 is 1.42 bits per heavy atom. The van der Waals surface area contributed by atoms with Gasteiger partial charge >= 0.3 is 0 Å². The molecule has 0 spiro atoms. The molecule has 6 heteroatoms. The molecule has 0 N–H and O–H groups in total. The highest BCUT2D eigenvalue weighted by molar-refractivity contribution is 5.03. The fraction of sp³-hybridized carbons (Fsp3) is 0.769. The molecule has 2 heterocycles. The summed E-state index contributed by atoms with van der Waals surface area (Å²) in [6.07, 6.45) is 3.38. The van der Waals surface area contributed by atoms with Gasteiger partial charge in [0, 0.05) is 45.5 Å². The van der Waals surface area contributed by atoms with Crippen LogP contribution in [0.5, 0.6) is 0 Å². The van der Waals surface area contributed by atoms with Crippen LogP contribution in [0.2, 0.25) is 0 Å². The normalized spacial score (nSPS) is 18.1. The number of hydrogen-bond donors (Lipinski definition) is 0. The van der Waals surface area contributed by atoms with E-state index >= 15 is 0 Å². The molecule has 1 aliphatic heterocycles. The van der Waals surface area contributed by atoms with Crippen molar-refractivity contribution < 1.29 is 14.0 Å². The third-order valence-corrected chi connectivity index (χ3v) is 3.28. The summed E-state index contributed by atoms with van der Waals surface area (Å²) in [6, 6.07) is 2.10. The predicted octanol–water partition coefficient (Wildman–Crippen LogP) is 1.96. The third kappa shape index (κ3) is 3.31. The standard InChI is InChI=1S/C13H19N3O3/c1-2-18-13(6-9-17-10-7-13)12-15-11(19-16-12)5-3-4-8-14/h2-7,9-10H2,1H3. The van der Waals surface area contributed by atoms with Crippen molar-refractivity contribution >= 4 is 0 Å². The van der Waals surface area contributed by atoms with E-state index in [1.807, 2.05) is 6.92 Å². The molecule has 0 bridgehead atoms. The van der Waals surface area contributed by atoms with Crippen LogP contribution in [0.1, 0.15) is 44.3 Å². The topological polar surface area (TPSA) is 81.2 Å². The highest BCUT2D eigenvalue weighted by atomic mass is 16.5. The van der Waals surface area contributed by atoms with Crippen molar-refractivity contribution in [3.05, 3.63) is 11.7 Å². The average Bonchev–Trinajstić information content (AvgIpc) is 2.90. The quantitative estimate of drug-likeness (QED) is 0.731. The lowest BCUT2D eigenvalue weighted by atomic mass is 9.93. The molecule has 0 aromatic carbocycles. The van der Waals surface area contributed by atoms with Crippen LogP contribution >= 0.6 is 0 Å². The molecular formula is C13H19N3O3. The number of unbranched alkanes of at least 4 members (excludes halogenated alkanes) is 1. The minimum absolute atomic E-state index is 0.468. The molecule has 0 radical (unpaired) electrons. The van der Waals surface area contributed by atoms with Crippen LogP contribution < -0.4 is 0 Å². The largest absolute Gasteiger partial charge is 0.381 e. The summed E-state index contributed by atoms with van der Waals surface area (Å²) in [5.74, 6) is 1.19. The van der Waals surface area contributed by atoms with E-state index < -0.39 is 5.60 Å². The number of nitrogens with zero attached hydrogens (tertiary/aromatic N) is 3. The van der Waals surface area contributed by atoms with Crippen LogP contribution in [0.15, 0.2) is 4.52 Å². The Morgan fingerprint density at radius 3 is 2.89 bits per heavy atom. The van der Waals surface area contributed by atoms with Crippen molar-refractivity contribution in [2.45, 2.75) is 44.6 Å². The molecule has 0 atom stereocenters. The van der Waals surface area contributed by atoms with Crippen LogP contribution in [0.3, 0.4) is 0 Å². The van der Waals surface area contributed by atoms with Gasteiger partial charge in [0.25, 0.3) is 0 Å². The zero-order valence-corrected chi connectivity index (χ0v) is 11.2. The second-order valence-corrected chi connectivity index (χ2v) is 4.56. The summed E-state index contributed by atoms with van der Waals surface area (Å²) in [4.78, 5) is 4.43. The first-order valence-electron chi connectivity index (χ1n) is 6.72. The lowest BCUT2D eigenvalue weighted by Crippen LogP contribution is -2.37. The molecule has 0 aliphatic carbocycles. The Morgan fingerprint density at radius 2 is 2.21 bits per heavy atom. The Balaban J connectivity index is 2.07.